The van der Waals surface area contributed by atoms with E-state index >= 15 is 0 Å². The fourth-order valence-corrected chi connectivity index (χ4v) is 2.90. The third-order valence-corrected chi connectivity index (χ3v) is 4.39. The molecule has 1 atom stereocenters. The summed E-state index contributed by atoms with van der Waals surface area (Å²) in [5.41, 5.74) is 1.74. The Morgan fingerprint density at radius 1 is 0.929 bits per heavy atom. The molecule has 150 valence electrons. The SMILES string of the molecule is CC[C@@H](NC(=O)/C=C/c1ccc(OC)c(OC)c1OC)c1ccc(OC)cc1. The van der Waals surface area contributed by atoms with Gasteiger partial charge in [0.15, 0.2) is 11.5 Å². The Morgan fingerprint density at radius 2 is 1.61 bits per heavy atom. The largest absolute Gasteiger partial charge is 0.497 e. The molecule has 28 heavy (non-hydrogen) atoms. The molecule has 0 fully saturated rings. The van der Waals surface area contributed by atoms with Gasteiger partial charge < -0.3 is 24.3 Å². The van der Waals surface area contributed by atoms with Crippen LogP contribution >= 0.6 is 0 Å². The van der Waals surface area contributed by atoms with Crippen molar-refractivity contribution in [3.63, 3.8) is 0 Å². The van der Waals surface area contributed by atoms with Crippen molar-refractivity contribution in [3.05, 3.63) is 53.6 Å². The van der Waals surface area contributed by atoms with Crippen molar-refractivity contribution in [2.24, 2.45) is 0 Å². The molecular formula is C22H27NO5. The average Bonchev–Trinajstić information content (AvgIpc) is 2.75. The maximum Gasteiger partial charge on any atom is 0.244 e. The minimum Gasteiger partial charge on any atom is -0.497 e. The maximum absolute atomic E-state index is 12.4. The van der Waals surface area contributed by atoms with Crippen molar-refractivity contribution < 1.29 is 23.7 Å². The lowest BCUT2D eigenvalue weighted by molar-refractivity contribution is -0.117. The molecule has 0 aromatic heterocycles. The zero-order chi connectivity index (χ0) is 20.5. The van der Waals surface area contributed by atoms with Crippen molar-refractivity contribution in [1.82, 2.24) is 5.32 Å². The van der Waals surface area contributed by atoms with Gasteiger partial charge in [-0.2, -0.15) is 0 Å². The summed E-state index contributed by atoms with van der Waals surface area (Å²) < 4.78 is 21.3. The number of hydrogen-bond acceptors (Lipinski definition) is 5. The van der Waals surface area contributed by atoms with E-state index in [-0.39, 0.29) is 11.9 Å². The highest BCUT2D eigenvalue weighted by Gasteiger charge is 2.15. The highest BCUT2D eigenvalue weighted by atomic mass is 16.5. The van der Waals surface area contributed by atoms with Crippen molar-refractivity contribution in [2.75, 3.05) is 28.4 Å². The number of benzene rings is 2. The van der Waals surface area contributed by atoms with Crippen LogP contribution in [0.25, 0.3) is 6.08 Å². The van der Waals surface area contributed by atoms with Gasteiger partial charge in [-0.1, -0.05) is 19.1 Å². The molecule has 0 radical (unpaired) electrons. The van der Waals surface area contributed by atoms with Gasteiger partial charge in [0.2, 0.25) is 11.7 Å². The van der Waals surface area contributed by atoms with Crippen LogP contribution in [0, 0.1) is 0 Å². The van der Waals surface area contributed by atoms with Crippen molar-refractivity contribution in [2.45, 2.75) is 19.4 Å². The zero-order valence-corrected chi connectivity index (χ0v) is 16.9. The topological polar surface area (TPSA) is 66.0 Å². The van der Waals surface area contributed by atoms with Crippen LogP contribution in [0.4, 0.5) is 0 Å². The van der Waals surface area contributed by atoms with E-state index in [1.54, 1.807) is 40.6 Å². The highest BCUT2D eigenvalue weighted by molar-refractivity contribution is 5.92. The molecule has 2 aromatic rings. The molecular weight excluding hydrogens is 358 g/mol. The van der Waals surface area contributed by atoms with Crippen LogP contribution in [-0.2, 0) is 4.79 Å². The molecule has 0 bridgehead atoms. The molecule has 0 heterocycles. The van der Waals surface area contributed by atoms with E-state index in [0.29, 0.717) is 22.8 Å². The first-order valence-electron chi connectivity index (χ1n) is 8.99. The van der Waals surface area contributed by atoms with Crippen LogP contribution in [0.2, 0.25) is 0 Å². The summed E-state index contributed by atoms with van der Waals surface area (Å²) in [6.45, 7) is 2.02. The van der Waals surface area contributed by atoms with Gasteiger partial charge in [-0.25, -0.2) is 0 Å². The Bertz CT molecular complexity index is 814. The van der Waals surface area contributed by atoms with Gasteiger partial charge in [0, 0.05) is 11.6 Å². The van der Waals surface area contributed by atoms with E-state index in [9.17, 15) is 4.79 Å². The number of carbonyl (C=O) groups is 1. The number of rotatable bonds is 9. The Kier molecular flexibility index (Phi) is 7.75. The zero-order valence-electron chi connectivity index (χ0n) is 16.9. The lowest BCUT2D eigenvalue weighted by Gasteiger charge is -2.17. The monoisotopic (exact) mass is 385 g/mol. The second-order valence-corrected chi connectivity index (χ2v) is 6.00. The van der Waals surface area contributed by atoms with Gasteiger partial charge >= 0.3 is 0 Å². The van der Waals surface area contributed by atoms with Crippen LogP contribution in [0.5, 0.6) is 23.0 Å². The van der Waals surface area contributed by atoms with E-state index in [4.69, 9.17) is 18.9 Å². The van der Waals surface area contributed by atoms with Gasteiger partial charge in [0.25, 0.3) is 0 Å². The summed E-state index contributed by atoms with van der Waals surface area (Å²) in [7, 11) is 6.28. The summed E-state index contributed by atoms with van der Waals surface area (Å²) in [6.07, 6.45) is 3.94. The molecule has 0 aliphatic carbocycles. The molecule has 0 saturated heterocycles. The molecule has 0 saturated carbocycles. The molecule has 0 unspecified atom stereocenters. The molecule has 1 N–H and O–H groups in total. The lowest BCUT2D eigenvalue weighted by Crippen LogP contribution is -2.26. The fourth-order valence-electron chi connectivity index (χ4n) is 2.90. The molecule has 0 aliphatic heterocycles. The first-order valence-corrected chi connectivity index (χ1v) is 8.99. The first kappa shape index (κ1) is 21.2. The summed E-state index contributed by atoms with van der Waals surface area (Å²) >= 11 is 0. The fraction of sp³-hybridized carbons (Fsp3) is 0.318. The second-order valence-electron chi connectivity index (χ2n) is 6.00. The summed E-state index contributed by atoms with van der Waals surface area (Å²) in [6, 6.07) is 11.2. The average molecular weight is 385 g/mol. The van der Waals surface area contributed by atoms with E-state index in [0.717, 1.165) is 17.7 Å². The van der Waals surface area contributed by atoms with Gasteiger partial charge in [-0.15, -0.1) is 0 Å². The van der Waals surface area contributed by atoms with Crippen LogP contribution < -0.4 is 24.3 Å². The predicted octanol–water partition coefficient (Wildman–Crippen LogP) is 4.00. The predicted molar refractivity (Wildman–Crippen MR) is 109 cm³/mol. The third-order valence-electron chi connectivity index (χ3n) is 4.39. The number of hydrogen-bond donors (Lipinski definition) is 1. The summed E-state index contributed by atoms with van der Waals surface area (Å²) in [5.74, 6) is 2.14. The molecule has 1 amide bonds. The normalized spacial score (nSPS) is 11.8. The first-order chi connectivity index (χ1) is 13.6. The molecule has 6 heteroatoms. The smallest absolute Gasteiger partial charge is 0.244 e. The molecule has 0 aliphatic rings. The number of carbonyl (C=O) groups excluding carboxylic acids is 1. The standard InChI is InChI=1S/C22H27NO5/c1-6-18(15-7-11-17(25-2)12-8-15)23-20(24)14-10-16-9-13-19(26-3)22(28-5)21(16)27-4/h7-14,18H,6H2,1-5H3,(H,23,24)/b14-10+/t18-/m1/s1. The minimum absolute atomic E-state index is 0.0876. The maximum atomic E-state index is 12.4. The van der Waals surface area contributed by atoms with Crippen LogP contribution in [0.1, 0.15) is 30.5 Å². The van der Waals surface area contributed by atoms with Gasteiger partial charge in [-0.3, -0.25) is 4.79 Å². The molecule has 6 nitrogen and oxygen atoms in total. The Hall–Kier alpha value is -3.15. The summed E-state index contributed by atoms with van der Waals surface area (Å²) in [5, 5.41) is 3.02. The van der Waals surface area contributed by atoms with Crippen molar-refractivity contribution >= 4 is 12.0 Å². The van der Waals surface area contributed by atoms with Crippen molar-refractivity contribution in [1.29, 1.82) is 0 Å². The number of amides is 1. The van der Waals surface area contributed by atoms with E-state index < -0.39 is 0 Å². The number of methoxy groups -OCH3 is 4. The molecule has 2 aromatic carbocycles. The Labute approximate surface area is 166 Å². The van der Waals surface area contributed by atoms with Crippen LogP contribution in [-0.4, -0.2) is 34.3 Å². The number of nitrogens with one attached hydrogen (secondary N) is 1. The van der Waals surface area contributed by atoms with E-state index in [1.165, 1.54) is 6.08 Å². The lowest BCUT2D eigenvalue weighted by atomic mass is 10.0. The van der Waals surface area contributed by atoms with Crippen LogP contribution in [0.15, 0.2) is 42.5 Å². The van der Waals surface area contributed by atoms with Gasteiger partial charge in [0.1, 0.15) is 5.75 Å². The molecule has 0 spiro atoms. The minimum atomic E-state index is -0.195. The summed E-state index contributed by atoms with van der Waals surface area (Å²) in [4.78, 5) is 12.4. The van der Waals surface area contributed by atoms with E-state index in [2.05, 4.69) is 5.32 Å². The quantitative estimate of drug-likeness (QED) is 0.661. The Balaban J connectivity index is 2.15. The highest BCUT2D eigenvalue weighted by Crippen LogP contribution is 2.40. The van der Waals surface area contributed by atoms with E-state index in [1.807, 2.05) is 37.3 Å². The van der Waals surface area contributed by atoms with Crippen LogP contribution in [0.3, 0.4) is 0 Å². The second kappa shape index (κ2) is 10.3. The molecule has 2 rings (SSSR count). The van der Waals surface area contributed by atoms with Gasteiger partial charge in [0.05, 0.1) is 34.5 Å². The Morgan fingerprint density at radius 3 is 2.14 bits per heavy atom. The van der Waals surface area contributed by atoms with Gasteiger partial charge in [-0.05, 0) is 42.3 Å². The third kappa shape index (κ3) is 4.97. The number of ether oxygens (including phenoxy) is 4. The van der Waals surface area contributed by atoms with Crippen molar-refractivity contribution in [3.8, 4) is 23.0 Å².